The molecule has 1 N–H and O–H groups in total. The van der Waals surface area contributed by atoms with Crippen molar-refractivity contribution < 1.29 is 14.8 Å². The van der Waals surface area contributed by atoms with Gasteiger partial charge in [0, 0.05) is 16.5 Å². The van der Waals surface area contributed by atoms with Crippen LogP contribution in [-0.2, 0) is 0 Å². The van der Waals surface area contributed by atoms with Crippen LogP contribution >= 0.6 is 11.8 Å². The molecule has 0 bridgehead atoms. The third kappa shape index (κ3) is 2.52. The van der Waals surface area contributed by atoms with E-state index in [0.29, 0.717) is 10.5 Å². The van der Waals surface area contributed by atoms with E-state index >= 15 is 0 Å². The van der Waals surface area contributed by atoms with Gasteiger partial charge in [0.25, 0.3) is 5.69 Å². The summed E-state index contributed by atoms with van der Waals surface area (Å²) < 4.78 is 0. The normalized spacial score (nSPS) is 10.1. The van der Waals surface area contributed by atoms with Crippen molar-refractivity contribution in [2.24, 2.45) is 0 Å². The molecule has 0 radical (unpaired) electrons. The molecule has 16 heavy (non-hydrogen) atoms. The van der Waals surface area contributed by atoms with Crippen LogP contribution in [0.5, 0.6) is 0 Å². The number of nitro groups is 1. The second-order valence-corrected chi connectivity index (χ2v) is 4.42. The Kier molecular flexibility index (Phi) is 3.89. The molecule has 0 fully saturated rings. The first-order valence-corrected chi connectivity index (χ1v) is 5.61. The quantitative estimate of drug-likeness (QED) is 0.498. The van der Waals surface area contributed by atoms with Crippen molar-refractivity contribution in [3.05, 3.63) is 33.4 Å². The molecular formula is C10H11NO4S. The fourth-order valence-corrected chi connectivity index (χ4v) is 2.13. The van der Waals surface area contributed by atoms with Crippen LogP contribution in [0.1, 0.15) is 22.8 Å². The third-order valence-corrected chi connectivity index (χ3v) is 3.10. The van der Waals surface area contributed by atoms with Crippen molar-refractivity contribution >= 4 is 23.4 Å². The lowest BCUT2D eigenvalue weighted by Gasteiger charge is -2.06. The Morgan fingerprint density at radius 2 is 2.19 bits per heavy atom. The van der Waals surface area contributed by atoms with Crippen LogP contribution in [0.4, 0.5) is 5.69 Å². The summed E-state index contributed by atoms with van der Waals surface area (Å²) in [6, 6.07) is 2.57. The Balaban J connectivity index is 3.38. The summed E-state index contributed by atoms with van der Waals surface area (Å²) in [6.07, 6.45) is 0. The van der Waals surface area contributed by atoms with E-state index in [2.05, 4.69) is 0 Å². The van der Waals surface area contributed by atoms with Crippen LogP contribution in [-0.4, -0.2) is 21.8 Å². The maximum Gasteiger partial charge on any atom is 0.335 e. The molecule has 1 rings (SSSR count). The van der Waals surface area contributed by atoms with Crippen molar-refractivity contribution in [3.8, 4) is 0 Å². The Bertz CT molecular complexity index is 445. The minimum absolute atomic E-state index is 0.0479. The highest BCUT2D eigenvalue weighted by molar-refractivity contribution is 7.99. The molecule has 5 nitrogen and oxygen atoms in total. The summed E-state index contributed by atoms with van der Waals surface area (Å²) in [7, 11) is 0. The molecule has 0 aliphatic heterocycles. The van der Waals surface area contributed by atoms with Crippen LogP contribution in [0, 0.1) is 17.0 Å². The standard InChI is InChI=1S/C10H11NO4S/c1-3-16-9-5-7(10(12)13)4-8(6(9)2)11(14)15/h4-5H,3H2,1-2H3,(H,12,13). The number of nitro benzene ring substituents is 1. The fraction of sp³-hybridized carbons (Fsp3) is 0.300. The second kappa shape index (κ2) is 4.98. The predicted molar refractivity (Wildman–Crippen MR) is 61.2 cm³/mol. The van der Waals surface area contributed by atoms with E-state index < -0.39 is 10.9 Å². The first-order valence-electron chi connectivity index (χ1n) is 4.62. The van der Waals surface area contributed by atoms with E-state index in [1.165, 1.54) is 17.8 Å². The number of hydrogen-bond acceptors (Lipinski definition) is 4. The molecule has 0 saturated carbocycles. The number of carboxylic acids is 1. The van der Waals surface area contributed by atoms with Crippen molar-refractivity contribution in [1.29, 1.82) is 0 Å². The van der Waals surface area contributed by atoms with E-state index in [1.54, 1.807) is 6.92 Å². The number of rotatable bonds is 4. The average Bonchev–Trinajstić information content (AvgIpc) is 2.20. The Hall–Kier alpha value is -1.56. The Morgan fingerprint density at radius 3 is 2.62 bits per heavy atom. The van der Waals surface area contributed by atoms with E-state index in [1.807, 2.05) is 6.92 Å². The van der Waals surface area contributed by atoms with Gasteiger partial charge in [0.1, 0.15) is 0 Å². The van der Waals surface area contributed by atoms with Crippen LogP contribution in [0.2, 0.25) is 0 Å². The summed E-state index contributed by atoms with van der Waals surface area (Å²) in [6.45, 7) is 3.53. The van der Waals surface area contributed by atoms with Crippen molar-refractivity contribution in [3.63, 3.8) is 0 Å². The zero-order chi connectivity index (χ0) is 12.3. The molecule has 0 unspecified atom stereocenters. The molecule has 0 aliphatic carbocycles. The van der Waals surface area contributed by atoms with Gasteiger partial charge in [-0.2, -0.15) is 0 Å². The lowest BCUT2D eigenvalue weighted by Crippen LogP contribution is -2.01. The minimum Gasteiger partial charge on any atom is -0.478 e. The molecule has 0 aromatic heterocycles. The molecule has 1 aromatic rings. The van der Waals surface area contributed by atoms with Gasteiger partial charge in [0.2, 0.25) is 0 Å². The first kappa shape index (κ1) is 12.5. The Labute approximate surface area is 96.6 Å². The molecule has 0 saturated heterocycles. The number of nitrogens with zero attached hydrogens (tertiary/aromatic N) is 1. The monoisotopic (exact) mass is 241 g/mol. The highest BCUT2D eigenvalue weighted by Crippen LogP contribution is 2.30. The second-order valence-electron chi connectivity index (χ2n) is 3.11. The zero-order valence-corrected chi connectivity index (χ0v) is 9.71. The van der Waals surface area contributed by atoms with Crippen molar-refractivity contribution in [2.45, 2.75) is 18.7 Å². The molecule has 86 valence electrons. The fourth-order valence-electron chi connectivity index (χ4n) is 1.29. The maximum absolute atomic E-state index is 10.8. The number of aromatic carboxylic acids is 1. The molecular weight excluding hydrogens is 230 g/mol. The molecule has 0 amide bonds. The van der Waals surface area contributed by atoms with Gasteiger partial charge in [-0.1, -0.05) is 6.92 Å². The summed E-state index contributed by atoms with van der Waals surface area (Å²) >= 11 is 1.40. The number of benzene rings is 1. The predicted octanol–water partition coefficient (Wildman–Crippen LogP) is 2.71. The molecule has 6 heteroatoms. The number of thioether (sulfide) groups is 1. The highest BCUT2D eigenvalue weighted by Gasteiger charge is 2.18. The summed E-state index contributed by atoms with van der Waals surface area (Å²) in [5, 5.41) is 19.6. The van der Waals surface area contributed by atoms with Gasteiger partial charge in [-0.05, 0) is 18.7 Å². The van der Waals surface area contributed by atoms with Crippen molar-refractivity contribution in [1.82, 2.24) is 0 Å². The van der Waals surface area contributed by atoms with E-state index in [0.717, 1.165) is 11.8 Å². The van der Waals surface area contributed by atoms with Crippen LogP contribution < -0.4 is 0 Å². The van der Waals surface area contributed by atoms with E-state index in [-0.39, 0.29) is 11.3 Å². The topological polar surface area (TPSA) is 80.4 Å². The van der Waals surface area contributed by atoms with Gasteiger partial charge in [0.05, 0.1) is 10.5 Å². The van der Waals surface area contributed by atoms with E-state index in [9.17, 15) is 14.9 Å². The smallest absolute Gasteiger partial charge is 0.335 e. The Morgan fingerprint density at radius 1 is 1.56 bits per heavy atom. The number of carboxylic acid groups (broad SMARTS) is 1. The summed E-state index contributed by atoms with van der Waals surface area (Å²) in [5.74, 6) is -0.415. The van der Waals surface area contributed by atoms with Gasteiger partial charge in [-0.25, -0.2) is 4.79 Å². The lowest BCUT2D eigenvalue weighted by molar-refractivity contribution is -0.385. The molecule has 0 atom stereocenters. The molecule has 0 spiro atoms. The lowest BCUT2D eigenvalue weighted by atomic mass is 10.1. The van der Waals surface area contributed by atoms with Gasteiger partial charge in [0.15, 0.2) is 0 Å². The molecule has 0 heterocycles. The molecule has 0 aliphatic rings. The van der Waals surface area contributed by atoms with E-state index in [4.69, 9.17) is 5.11 Å². The minimum atomic E-state index is -1.15. The van der Waals surface area contributed by atoms with Crippen molar-refractivity contribution in [2.75, 3.05) is 5.75 Å². The van der Waals surface area contributed by atoms with Gasteiger partial charge in [-0.15, -0.1) is 11.8 Å². The summed E-state index contributed by atoms with van der Waals surface area (Å²) in [5.41, 5.74) is 0.325. The molecule has 1 aromatic carbocycles. The van der Waals surface area contributed by atoms with Gasteiger partial charge >= 0.3 is 5.97 Å². The summed E-state index contributed by atoms with van der Waals surface area (Å²) in [4.78, 5) is 21.7. The number of hydrogen-bond donors (Lipinski definition) is 1. The van der Waals surface area contributed by atoms with Crippen LogP contribution in [0.3, 0.4) is 0 Å². The van der Waals surface area contributed by atoms with Crippen LogP contribution in [0.15, 0.2) is 17.0 Å². The van der Waals surface area contributed by atoms with Gasteiger partial charge in [-0.3, -0.25) is 10.1 Å². The largest absolute Gasteiger partial charge is 0.478 e. The first-order chi connectivity index (χ1) is 7.47. The third-order valence-electron chi connectivity index (χ3n) is 2.08. The maximum atomic E-state index is 10.8. The average molecular weight is 241 g/mol. The van der Waals surface area contributed by atoms with Crippen LogP contribution in [0.25, 0.3) is 0 Å². The zero-order valence-electron chi connectivity index (χ0n) is 8.89. The van der Waals surface area contributed by atoms with Gasteiger partial charge < -0.3 is 5.11 Å². The highest BCUT2D eigenvalue weighted by atomic mass is 32.2. The number of carbonyl (C=O) groups is 1. The SMILES string of the molecule is CCSc1cc(C(=O)O)cc([N+](=O)[O-])c1C.